The number of methoxy groups -OCH3 is 1. The highest BCUT2D eigenvalue weighted by Crippen LogP contribution is 2.25. The van der Waals surface area contributed by atoms with Crippen LogP contribution in [0.1, 0.15) is 27.2 Å². The van der Waals surface area contributed by atoms with Gasteiger partial charge >= 0.3 is 5.97 Å². The van der Waals surface area contributed by atoms with Crippen LogP contribution in [-0.2, 0) is 14.3 Å². The number of nitrogens with one attached hydrogen (secondary N) is 1. The molecular formula is C19H25N3O5S. The summed E-state index contributed by atoms with van der Waals surface area (Å²) in [6.07, 6.45) is 0.505. The Labute approximate surface area is 168 Å². The molecule has 0 saturated carbocycles. The molecule has 0 aliphatic rings. The Morgan fingerprint density at radius 2 is 1.93 bits per heavy atom. The number of carbonyl (C=O) groups excluding carboxylic acids is 2. The quantitative estimate of drug-likeness (QED) is 0.474. The van der Waals surface area contributed by atoms with Gasteiger partial charge in [0.2, 0.25) is 11.8 Å². The molecule has 9 heteroatoms. The molecule has 0 aliphatic carbocycles. The molecule has 1 atom stereocenters. The maximum Gasteiger partial charge on any atom is 0.328 e. The first-order valence-electron chi connectivity index (χ1n) is 8.99. The van der Waals surface area contributed by atoms with E-state index in [0.29, 0.717) is 18.9 Å². The van der Waals surface area contributed by atoms with Crippen LogP contribution in [0, 0.1) is 5.92 Å². The largest absolute Gasteiger partial charge is 0.494 e. The number of esters is 1. The molecular weight excluding hydrogens is 382 g/mol. The Hall–Kier alpha value is -2.55. The minimum atomic E-state index is -0.666. The minimum Gasteiger partial charge on any atom is -0.494 e. The fraction of sp³-hybridized carbons (Fsp3) is 0.474. The van der Waals surface area contributed by atoms with Crippen molar-refractivity contribution in [1.82, 2.24) is 15.5 Å². The highest BCUT2D eigenvalue weighted by atomic mass is 32.2. The fourth-order valence-electron chi connectivity index (χ4n) is 2.44. The van der Waals surface area contributed by atoms with Gasteiger partial charge in [-0.2, -0.15) is 0 Å². The van der Waals surface area contributed by atoms with Crippen molar-refractivity contribution in [2.45, 2.75) is 38.5 Å². The van der Waals surface area contributed by atoms with Gasteiger partial charge in [0.25, 0.3) is 5.22 Å². The molecule has 0 bridgehead atoms. The first kappa shape index (κ1) is 21.7. The van der Waals surface area contributed by atoms with E-state index in [1.165, 1.54) is 7.11 Å². The number of aromatic nitrogens is 2. The molecule has 1 heterocycles. The van der Waals surface area contributed by atoms with Crippen LogP contribution in [0.25, 0.3) is 11.5 Å². The predicted octanol–water partition coefficient (Wildman–Crippen LogP) is 2.93. The Balaban J connectivity index is 1.90. The number of carbonyl (C=O) groups is 2. The molecule has 0 unspecified atom stereocenters. The van der Waals surface area contributed by atoms with Gasteiger partial charge in [-0.05, 0) is 43.5 Å². The highest BCUT2D eigenvalue weighted by Gasteiger charge is 2.23. The van der Waals surface area contributed by atoms with Gasteiger partial charge in [0, 0.05) is 5.56 Å². The zero-order valence-electron chi connectivity index (χ0n) is 16.4. The second-order valence-corrected chi connectivity index (χ2v) is 7.32. The number of ether oxygens (including phenoxy) is 2. The number of amides is 1. The van der Waals surface area contributed by atoms with Crippen LogP contribution in [0.4, 0.5) is 0 Å². The lowest BCUT2D eigenvalue weighted by Gasteiger charge is -2.17. The molecule has 2 aromatic rings. The molecule has 0 aliphatic heterocycles. The summed E-state index contributed by atoms with van der Waals surface area (Å²) in [7, 11) is 1.30. The summed E-state index contributed by atoms with van der Waals surface area (Å²) in [5.41, 5.74) is 0.759. The Bertz CT molecular complexity index is 776. The van der Waals surface area contributed by atoms with E-state index < -0.39 is 12.0 Å². The number of hydrogen-bond donors (Lipinski definition) is 1. The third-order valence-corrected chi connectivity index (χ3v) is 4.49. The topological polar surface area (TPSA) is 104 Å². The van der Waals surface area contributed by atoms with E-state index in [1.54, 1.807) is 0 Å². The summed E-state index contributed by atoms with van der Waals surface area (Å²) in [6.45, 7) is 6.45. The van der Waals surface area contributed by atoms with Crippen LogP contribution < -0.4 is 10.1 Å². The van der Waals surface area contributed by atoms with Crippen molar-refractivity contribution in [1.29, 1.82) is 0 Å². The number of benzene rings is 1. The van der Waals surface area contributed by atoms with Gasteiger partial charge in [0.05, 0.1) is 19.5 Å². The van der Waals surface area contributed by atoms with Crippen LogP contribution in [0.15, 0.2) is 33.9 Å². The van der Waals surface area contributed by atoms with Crippen LogP contribution >= 0.6 is 11.8 Å². The standard InChI is InChI=1S/C19H25N3O5S/c1-5-26-14-8-6-13(7-9-14)17-21-22-19(27-17)28-11-16(23)20-15(10-12(2)3)18(24)25-4/h6-9,12,15H,5,10-11H2,1-4H3,(H,20,23)/t15-/m0/s1. The third-order valence-electron chi connectivity index (χ3n) is 3.67. The SMILES string of the molecule is CCOc1ccc(-c2nnc(SCC(=O)N[C@@H](CC(C)C)C(=O)OC)o2)cc1. The van der Waals surface area contributed by atoms with E-state index in [4.69, 9.17) is 13.9 Å². The molecule has 8 nitrogen and oxygen atoms in total. The van der Waals surface area contributed by atoms with Gasteiger partial charge in [-0.25, -0.2) is 4.79 Å². The summed E-state index contributed by atoms with van der Waals surface area (Å²) in [6, 6.07) is 6.63. The van der Waals surface area contributed by atoms with Crippen LogP contribution in [0.2, 0.25) is 0 Å². The normalized spacial score (nSPS) is 11.9. The lowest BCUT2D eigenvalue weighted by molar-refractivity contribution is -0.145. The molecule has 1 aromatic carbocycles. The van der Waals surface area contributed by atoms with E-state index in [9.17, 15) is 9.59 Å². The van der Waals surface area contributed by atoms with Crippen LogP contribution in [0.5, 0.6) is 5.75 Å². The zero-order valence-corrected chi connectivity index (χ0v) is 17.2. The first-order chi connectivity index (χ1) is 13.4. The van der Waals surface area contributed by atoms with Gasteiger partial charge in [0.1, 0.15) is 11.8 Å². The molecule has 1 aromatic heterocycles. The summed E-state index contributed by atoms with van der Waals surface area (Å²) in [5, 5.41) is 10.9. The van der Waals surface area contributed by atoms with Crippen molar-refractivity contribution >= 4 is 23.6 Å². The lowest BCUT2D eigenvalue weighted by atomic mass is 10.0. The van der Waals surface area contributed by atoms with E-state index in [2.05, 4.69) is 15.5 Å². The summed E-state index contributed by atoms with van der Waals surface area (Å²) in [5.74, 6) is 0.655. The van der Waals surface area contributed by atoms with Crippen molar-refractivity contribution in [3.05, 3.63) is 24.3 Å². The highest BCUT2D eigenvalue weighted by molar-refractivity contribution is 7.99. The van der Waals surface area contributed by atoms with Gasteiger partial charge in [0.15, 0.2) is 0 Å². The molecule has 0 radical (unpaired) electrons. The zero-order chi connectivity index (χ0) is 20.5. The Kier molecular flexibility index (Phi) is 8.31. The second-order valence-electron chi connectivity index (χ2n) is 6.39. The van der Waals surface area contributed by atoms with Crippen molar-refractivity contribution in [3.8, 4) is 17.2 Å². The van der Waals surface area contributed by atoms with Gasteiger partial charge in [-0.3, -0.25) is 4.79 Å². The maximum absolute atomic E-state index is 12.2. The molecule has 1 amide bonds. The minimum absolute atomic E-state index is 0.0521. The number of nitrogens with zero attached hydrogens (tertiary/aromatic N) is 2. The molecule has 0 saturated heterocycles. The Morgan fingerprint density at radius 3 is 2.54 bits per heavy atom. The molecule has 0 spiro atoms. The summed E-state index contributed by atoms with van der Waals surface area (Å²) >= 11 is 1.11. The van der Waals surface area contributed by atoms with Crippen LogP contribution in [-0.4, -0.2) is 47.6 Å². The van der Waals surface area contributed by atoms with Crippen LogP contribution in [0.3, 0.4) is 0 Å². The maximum atomic E-state index is 12.2. The average Bonchev–Trinajstić information content (AvgIpc) is 3.15. The molecule has 0 fully saturated rings. The van der Waals surface area contributed by atoms with Crippen molar-refractivity contribution in [2.75, 3.05) is 19.5 Å². The Morgan fingerprint density at radius 1 is 1.21 bits per heavy atom. The van der Waals surface area contributed by atoms with E-state index >= 15 is 0 Å². The second kappa shape index (κ2) is 10.7. The van der Waals surface area contributed by atoms with E-state index in [1.807, 2.05) is 45.0 Å². The predicted molar refractivity (Wildman–Crippen MR) is 105 cm³/mol. The number of rotatable bonds is 10. The lowest BCUT2D eigenvalue weighted by Crippen LogP contribution is -2.43. The summed E-state index contributed by atoms with van der Waals surface area (Å²) < 4.78 is 15.7. The molecule has 28 heavy (non-hydrogen) atoms. The molecule has 152 valence electrons. The molecule has 2 rings (SSSR count). The molecule has 1 N–H and O–H groups in total. The third kappa shape index (κ3) is 6.56. The van der Waals surface area contributed by atoms with Crippen molar-refractivity contribution in [2.24, 2.45) is 5.92 Å². The van der Waals surface area contributed by atoms with Gasteiger partial charge in [-0.15, -0.1) is 10.2 Å². The van der Waals surface area contributed by atoms with Crippen molar-refractivity contribution < 1.29 is 23.5 Å². The van der Waals surface area contributed by atoms with Gasteiger partial charge < -0.3 is 19.2 Å². The average molecular weight is 407 g/mol. The fourth-order valence-corrected chi connectivity index (χ4v) is 3.01. The number of thioether (sulfide) groups is 1. The smallest absolute Gasteiger partial charge is 0.328 e. The van der Waals surface area contributed by atoms with Crippen molar-refractivity contribution in [3.63, 3.8) is 0 Å². The van der Waals surface area contributed by atoms with E-state index in [0.717, 1.165) is 23.1 Å². The monoisotopic (exact) mass is 407 g/mol. The first-order valence-corrected chi connectivity index (χ1v) is 9.98. The number of hydrogen-bond acceptors (Lipinski definition) is 8. The summed E-state index contributed by atoms with van der Waals surface area (Å²) in [4.78, 5) is 23.9. The van der Waals surface area contributed by atoms with E-state index in [-0.39, 0.29) is 22.8 Å². The van der Waals surface area contributed by atoms with Gasteiger partial charge in [-0.1, -0.05) is 25.6 Å².